The molecule has 0 aromatic rings. The molecular formula is C32H63N. The van der Waals surface area contributed by atoms with Gasteiger partial charge in [0.05, 0.1) is 0 Å². The van der Waals surface area contributed by atoms with Crippen molar-refractivity contribution in [1.82, 2.24) is 4.90 Å². The summed E-state index contributed by atoms with van der Waals surface area (Å²) in [6, 6.07) is 0.803. The molecule has 33 heavy (non-hydrogen) atoms. The van der Waals surface area contributed by atoms with Crippen LogP contribution in [0.4, 0.5) is 0 Å². The van der Waals surface area contributed by atoms with E-state index in [-0.39, 0.29) is 0 Å². The highest BCUT2D eigenvalue weighted by Gasteiger charge is 2.10. The second kappa shape index (κ2) is 27.7. The molecule has 0 aliphatic heterocycles. The Morgan fingerprint density at radius 1 is 0.455 bits per heavy atom. The maximum atomic E-state index is 2.48. The maximum absolute atomic E-state index is 2.48. The average Bonchev–Trinajstić information content (AvgIpc) is 2.81. The SMILES string of the molecule is CCCCCCCC/C=C\C/C=C\CCCCCCCC(CCCCCCCCC)N(C)C. The molecule has 0 radical (unpaired) electrons. The van der Waals surface area contributed by atoms with E-state index < -0.39 is 0 Å². The topological polar surface area (TPSA) is 3.24 Å². The molecule has 0 spiro atoms. The normalized spacial score (nSPS) is 13.1. The average molecular weight is 462 g/mol. The number of hydrogen-bond acceptors (Lipinski definition) is 1. The van der Waals surface area contributed by atoms with E-state index in [1.54, 1.807) is 0 Å². The standard InChI is InChI=1S/C32H63N/c1-5-7-9-11-13-14-15-16-17-18-19-20-21-22-23-25-27-29-31-32(33(3)4)30-28-26-24-12-10-8-6-2/h16-17,19-20,32H,5-15,18,21-31H2,1-4H3/b17-16-,20-19-. The van der Waals surface area contributed by atoms with Gasteiger partial charge in [-0.05, 0) is 59.0 Å². The molecule has 0 saturated heterocycles. The molecule has 0 rings (SSSR count). The molecule has 0 N–H and O–H groups in total. The van der Waals surface area contributed by atoms with Crippen molar-refractivity contribution in [3.05, 3.63) is 24.3 Å². The molecule has 0 aromatic carbocycles. The molecule has 0 bridgehead atoms. The molecule has 1 nitrogen and oxygen atoms in total. The number of allylic oxidation sites excluding steroid dienone is 4. The van der Waals surface area contributed by atoms with Crippen molar-refractivity contribution >= 4 is 0 Å². The fraction of sp³-hybridized carbons (Fsp3) is 0.875. The van der Waals surface area contributed by atoms with E-state index in [0.29, 0.717) is 0 Å². The summed E-state index contributed by atoms with van der Waals surface area (Å²) in [7, 11) is 4.56. The van der Waals surface area contributed by atoms with Gasteiger partial charge in [0.1, 0.15) is 0 Å². The quantitative estimate of drug-likeness (QED) is 0.0914. The zero-order chi connectivity index (χ0) is 24.2. The Morgan fingerprint density at radius 3 is 1.21 bits per heavy atom. The van der Waals surface area contributed by atoms with Crippen LogP contribution in [0.15, 0.2) is 24.3 Å². The van der Waals surface area contributed by atoms with Crippen LogP contribution in [-0.4, -0.2) is 25.0 Å². The first-order valence-corrected chi connectivity index (χ1v) is 15.2. The van der Waals surface area contributed by atoms with Gasteiger partial charge in [0, 0.05) is 6.04 Å². The Morgan fingerprint density at radius 2 is 0.818 bits per heavy atom. The van der Waals surface area contributed by atoms with E-state index in [1.807, 2.05) is 0 Å². The molecule has 0 saturated carbocycles. The molecular weight excluding hydrogens is 398 g/mol. The van der Waals surface area contributed by atoms with Crippen LogP contribution in [0.2, 0.25) is 0 Å². The van der Waals surface area contributed by atoms with Gasteiger partial charge in [-0.15, -0.1) is 0 Å². The molecule has 1 unspecified atom stereocenters. The molecule has 1 heteroatoms. The third-order valence-electron chi connectivity index (χ3n) is 7.11. The molecule has 0 heterocycles. The number of hydrogen-bond donors (Lipinski definition) is 0. The zero-order valence-corrected chi connectivity index (χ0v) is 23.6. The minimum atomic E-state index is 0.803. The lowest BCUT2D eigenvalue weighted by molar-refractivity contribution is 0.251. The van der Waals surface area contributed by atoms with E-state index in [2.05, 4.69) is 57.1 Å². The van der Waals surface area contributed by atoms with E-state index in [0.717, 1.165) is 12.5 Å². The van der Waals surface area contributed by atoms with Crippen LogP contribution >= 0.6 is 0 Å². The molecule has 0 amide bonds. The monoisotopic (exact) mass is 461 g/mol. The van der Waals surface area contributed by atoms with Crippen LogP contribution < -0.4 is 0 Å². The summed E-state index contributed by atoms with van der Waals surface area (Å²) in [6.07, 6.45) is 41.4. The summed E-state index contributed by atoms with van der Waals surface area (Å²) in [6.45, 7) is 4.59. The van der Waals surface area contributed by atoms with Crippen molar-refractivity contribution in [3.63, 3.8) is 0 Å². The summed E-state index contributed by atoms with van der Waals surface area (Å²) in [5.41, 5.74) is 0. The van der Waals surface area contributed by atoms with Crippen LogP contribution in [0.25, 0.3) is 0 Å². The van der Waals surface area contributed by atoms with E-state index in [9.17, 15) is 0 Å². The summed E-state index contributed by atoms with van der Waals surface area (Å²) < 4.78 is 0. The lowest BCUT2D eigenvalue weighted by Crippen LogP contribution is -2.27. The van der Waals surface area contributed by atoms with Gasteiger partial charge in [0.25, 0.3) is 0 Å². The highest BCUT2D eigenvalue weighted by Crippen LogP contribution is 2.17. The molecule has 0 fully saturated rings. The van der Waals surface area contributed by atoms with Crippen molar-refractivity contribution in [1.29, 1.82) is 0 Å². The fourth-order valence-electron chi connectivity index (χ4n) is 4.72. The van der Waals surface area contributed by atoms with Crippen molar-refractivity contribution in [2.24, 2.45) is 0 Å². The summed E-state index contributed by atoms with van der Waals surface area (Å²) in [5.74, 6) is 0. The number of nitrogens with zero attached hydrogens (tertiary/aromatic N) is 1. The van der Waals surface area contributed by atoms with Gasteiger partial charge in [-0.2, -0.15) is 0 Å². The van der Waals surface area contributed by atoms with Crippen LogP contribution in [0, 0.1) is 0 Å². The Hall–Kier alpha value is -0.560. The second-order valence-corrected chi connectivity index (χ2v) is 10.6. The molecule has 1 atom stereocenters. The Bertz CT molecular complexity index is 409. The van der Waals surface area contributed by atoms with Crippen LogP contribution in [-0.2, 0) is 0 Å². The molecule has 0 aliphatic carbocycles. The van der Waals surface area contributed by atoms with Crippen molar-refractivity contribution in [2.75, 3.05) is 14.1 Å². The smallest absolute Gasteiger partial charge is 0.00891 e. The number of unbranched alkanes of at least 4 members (excludes halogenated alkanes) is 17. The van der Waals surface area contributed by atoms with Crippen molar-refractivity contribution in [3.8, 4) is 0 Å². The first kappa shape index (κ1) is 32.4. The van der Waals surface area contributed by atoms with Gasteiger partial charge in [0.2, 0.25) is 0 Å². The lowest BCUT2D eigenvalue weighted by atomic mass is 9.99. The highest BCUT2D eigenvalue weighted by atomic mass is 15.1. The number of rotatable bonds is 26. The van der Waals surface area contributed by atoms with Crippen LogP contribution in [0.5, 0.6) is 0 Å². The highest BCUT2D eigenvalue weighted by molar-refractivity contribution is 4.92. The Balaban J connectivity index is 3.48. The fourth-order valence-corrected chi connectivity index (χ4v) is 4.72. The third kappa shape index (κ3) is 25.9. The van der Waals surface area contributed by atoms with Crippen molar-refractivity contribution in [2.45, 2.75) is 168 Å². The largest absolute Gasteiger partial charge is 0.306 e. The summed E-state index contributed by atoms with van der Waals surface area (Å²) in [4.78, 5) is 2.48. The van der Waals surface area contributed by atoms with Gasteiger partial charge in [-0.1, -0.05) is 141 Å². The van der Waals surface area contributed by atoms with Gasteiger partial charge >= 0.3 is 0 Å². The summed E-state index contributed by atoms with van der Waals surface area (Å²) >= 11 is 0. The minimum absolute atomic E-state index is 0.803. The predicted molar refractivity (Wildman–Crippen MR) is 153 cm³/mol. The van der Waals surface area contributed by atoms with Gasteiger partial charge in [0.15, 0.2) is 0 Å². The minimum Gasteiger partial charge on any atom is -0.306 e. The maximum Gasteiger partial charge on any atom is 0.00891 e. The van der Waals surface area contributed by atoms with Crippen LogP contribution in [0.1, 0.15) is 162 Å². The van der Waals surface area contributed by atoms with Gasteiger partial charge < -0.3 is 4.90 Å². The first-order valence-electron chi connectivity index (χ1n) is 15.2. The molecule has 0 aromatic heterocycles. The van der Waals surface area contributed by atoms with E-state index in [1.165, 1.54) is 141 Å². The Kier molecular flexibility index (Phi) is 27.2. The van der Waals surface area contributed by atoms with Crippen molar-refractivity contribution < 1.29 is 0 Å². The molecule has 0 aliphatic rings. The predicted octanol–water partition coefficient (Wildman–Crippen LogP) is 11.0. The molecule has 196 valence electrons. The lowest BCUT2D eigenvalue weighted by Gasteiger charge is -2.24. The zero-order valence-electron chi connectivity index (χ0n) is 23.6. The first-order chi connectivity index (χ1) is 16.2. The van der Waals surface area contributed by atoms with Gasteiger partial charge in [-0.3, -0.25) is 0 Å². The van der Waals surface area contributed by atoms with E-state index >= 15 is 0 Å². The van der Waals surface area contributed by atoms with E-state index in [4.69, 9.17) is 0 Å². The van der Waals surface area contributed by atoms with Gasteiger partial charge in [-0.25, -0.2) is 0 Å². The second-order valence-electron chi connectivity index (χ2n) is 10.6. The Labute approximate surface area is 210 Å². The third-order valence-corrected chi connectivity index (χ3v) is 7.11. The van der Waals surface area contributed by atoms with Crippen LogP contribution in [0.3, 0.4) is 0 Å². The summed E-state index contributed by atoms with van der Waals surface area (Å²) in [5, 5.41) is 0.